The van der Waals surface area contributed by atoms with E-state index in [0.29, 0.717) is 11.7 Å². The van der Waals surface area contributed by atoms with Gasteiger partial charge in [-0.05, 0) is 24.8 Å². The highest BCUT2D eigenvalue weighted by Gasteiger charge is 2.31. The van der Waals surface area contributed by atoms with Gasteiger partial charge in [0.05, 0.1) is 17.5 Å². The molecule has 0 N–H and O–H groups in total. The standard InChI is InChI=1S/C18H22N4OS/c23-18(13-24-12-14-4-2-1-3-5-14)21-9-8-16(10-21)22-11-17(19-20-22)15-6-7-15/h1-5,11,15-16H,6-10,12-13H2. The second kappa shape index (κ2) is 6.97. The van der Waals surface area contributed by atoms with Gasteiger partial charge in [0.15, 0.2) is 0 Å². The van der Waals surface area contributed by atoms with Crippen molar-refractivity contribution in [2.45, 2.75) is 37.0 Å². The number of carbonyl (C=O) groups is 1. The fourth-order valence-corrected chi connectivity index (χ4v) is 4.03. The molecule has 2 fully saturated rings. The number of carbonyl (C=O) groups excluding carboxylic acids is 1. The van der Waals surface area contributed by atoms with Crippen LogP contribution in [0.15, 0.2) is 36.5 Å². The van der Waals surface area contributed by atoms with Crippen molar-refractivity contribution >= 4 is 17.7 Å². The van der Waals surface area contributed by atoms with Crippen LogP contribution in [0.25, 0.3) is 0 Å². The van der Waals surface area contributed by atoms with Crippen LogP contribution in [0.1, 0.15) is 42.5 Å². The highest BCUT2D eigenvalue weighted by atomic mass is 32.2. The van der Waals surface area contributed by atoms with Crippen molar-refractivity contribution in [2.24, 2.45) is 0 Å². The SMILES string of the molecule is O=C(CSCc1ccccc1)N1CCC(n2cc(C3CC3)nn2)C1. The lowest BCUT2D eigenvalue weighted by atomic mass is 10.2. The minimum atomic E-state index is 0.237. The van der Waals surface area contributed by atoms with Crippen LogP contribution in [0, 0.1) is 0 Å². The van der Waals surface area contributed by atoms with Crippen molar-refractivity contribution in [1.29, 1.82) is 0 Å². The first-order chi connectivity index (χ1) is 11.8. The molecule has 5 nitrogen and oxygen atoms in total. The van der Waals surface area contributed by atoms with E-state index in [0.717, 1.165) is 31.0 Å². The fourth-order valence-electron chi connectivity index (χ4n) is 3.14. The zero-order valence-electron chi connectivity index (χ0n) is 13.7. The first-order valence-electron chi connectivity index (χ1n) is 8.61. The molecule has 0 spiro atoms. The molecule has 1 saturated carbocycles. The Bertz CT molecular complexity index is 698. The normalized spacial score (nSPS) is 20.5. The second-order valence-electron chi connectivity index (χ2n) is 6.66. The minimum absolute atomic E-state index is 0.237. The Morgan fingerprint density at radius 2 is 2.04 bits per heavy atom. The van der Waals surface area contributed by atoms with E-state index in [2.05, 4.69) is 28.6 Å². The maximum Gasteiger partial charge on any atom is 0.232 e. The Hall–Kier alpha value is -1.82. The number of hydrogen-bond acceptors (Lipinski definition) is 4. The molecule has 2 aromatic rings. The van der Waals surface area contributed by atoms with Gasteiger partial charge in [-0.2, -0.15) is 0 Å². The van der Waals surface area contributed by atoms with Gasteiger partial charge in [0.1, 0.15) is 0 Å². The Morgan fingerprint density at radius 3 is 2.83 bits per heavy atom. The molecule has 1 amide bonds. The Balaban J connectivity index is 1.25. The third kappa shape index (κ3) is 3.64. The van der Waals surface area contributed by atoms with Crippen LogP contribution in [0.2, 0.25) is 0 Å². The molecular formula is C18H22N4OS. The van der Waals surface area contributed by atoms with Gasteiger partial charge >= 0.3 is 0 Å². The van der Waals surface area contributed by atoms with Gasteiger partial charge in [0.25, 0.3) is 0 Å². The average molecular weight is 342 g/mol. The summed E-state index contributed by atoms with van der Waals surface area (Å²) < 4.78 is 1.97. The predicted molar refractivity (Wildman–Crippen MR) is 94.8 cm³/mol. The van der Waals surface area contributed by atoms with Crippen molar-refractivity contribution in [3.05, 3.63) is 47.8 Å². The van der Waals surface area contributed by atoms with Gasteiger partial charge in [-0.1, -0.05) is 35.5 Å². The molecule has 1 aliphatic heterocycles. The minimum Gasteiger partial charge on any atom is -0.340 e. The van der Waals surface area contributed by atoms with E-state index in [4.69, 9.17) is 0 Å². The number of benzene rings is 1. The van der Waals surface area contributed by atoms with Crippen molar-refractivity contribution in [3.8, 4) is 0 Å². The van der Waals surface area contributed by atoms with Crippen molar-refractivity contribution in [1.82, 2.24) is 19.9 Å². The van der Waals surface area contributed by atoms with Crippen LogP contribution in [-0.4, -0.2) is 44.6 Å². The lowest BCUT2D eigenvalue weighted by Crippen LogP contribution is -2.30. The van der Waals surface area contributed by atoms with Gasteiger partial charge in [-0.3, -0.25) is 4.79 Å². The highest BCUT2D eigenvalue weighted by Crippen LogP contribution is 2.39. The van der Waals surface area contributed by atoms with Crippen LogP contribution in [0.3, 0.4) is 0 Å². The number of nitrogens with zero attached hydrogens (tertiary/aromatic N) is 4. The van der Waals surface area contributed by atoms with Gasteiger partial charge in [0, 0.05) is 31.0 Å². The van der Waals surface area contributed by atoms with Gasteiger partial charge in [-0.15, -0.1) is 16.9 Å². The first kappa shape index (κ1) is 15.7. The molecule has 126 valence electrons. The summed E-state index contributed by atoms with van der Waals surface area (Å²) in [6.07, 6.45) is 5.54. The summed E-state index contributed by atoms with van der Waals surface area (Å²) in [6, 6.07) is 10.6. The summed E-state index contributed by atoms with van der Waals surface area (Å²) in [4.78, 5) is 14.4. The molecule has 0 bridgehead atoms. The van der Waals surface area contributed by atoms with Gasteiger partial charge < -0.3 is 4.90 Å². The first-order valence-corrected chi connectivity index (χ1v) is 9.76. The molecule has 1 unspecified atom stereocenters. The summed E-state index contributed by atoms with van der Waals surface area (Å²) in [5.74, 6) is 2.30. The largest absolute Gasteiger partial charge is 0.340 e. The number of thioether (sulfide) groups is 1. The molecule has 1 aromatic heterocycles. The quantitative estimate of drug-likeness (QED) is 0.810. The van der Waals surface area contributed by atoms with Crippen LogP contribution < -0.4 is 0 Å². The number of amides is 1. The monoisotopic (exact) mass is 342 g/mol. The number of rotatable bonds is 6. The van der Waals surface area contributed by atoms with E-state index in [9.17, 15) is 4.79 Å². The Kier molecular flexibility index (Phi) is 4.56. The summed E-state index contributed by atoms with van der Waals surface area (Å²) in [7, 11) is 0. The average Bonchev–Trinajstić information content (AvgIpc) is 3.13. The molecule has 1 aromatic carbocycles. The van der Waals surface area contributed by atoms with Crippen molar-refractivity contribution in [3.63, 3.8) is 0 Å². The molecule has 1 aliphatic carbocycles. The maximum atomic E-state index is 12.4. The molecule has 2 aliphatic rings. The topological polar surface area (TPSA) is 51.0 Å². The van der Waals surface area contributed by atoms with Crippen molar-refractivity contribution in [2.75, 3.05) is 18.8 Å². The van der Waals surface area contributed by atoms with Crippen molar-refractivity contribution < 1.29 is 4.79 Å². The van der Waals surface area contributed by atoms with E-state index in [-0.39, 0.29) is 11.9 Å². The smallest absolute Gasteiger partial charge is 0.232 e. The van der Waals surface area contributed by atoms with E-state index < -0.39 is 0 Å². The molecule has 2 heterocycles. The fraction of sp³-hybridized carbons (Fsp3) is 0.500. The van der Waals surface area contributed by atoms with Crippen LogP contribution in [0.5, 0.6) is 0 Å². The molecule has 0 radical (unpaired) electrons. The zero-order valence-corrected chi connectivity index (χ0v) is 14.5. The molecule has 4 rings (SSSR count). The molecule has 1 saturated heterocycles. The van der Waals surface area contributed by atoms with Gasteiger partial charge in [0.2, 0.25) is 5.91 Å². The maximum absolute atomic E-state index is 12.4. The number of likely N-dealkylation sites (tertiary alicyclic amines) is 1. The van der Waals surface area contributed by atoms with E-state index in [1.54, 1.807) is 11.8 Å². The van der Waals surface area contributed by atoms with E-state index >= 15 is 0 Å². The Labute approximate surface area is 146 Å². The summed E-state index contributed by atoms with van der Waals surface area (Å²) in [5.41, 5.74) is 2.39. The summed E-state index contributed by atoms with van der Waals surface area (Å²) >= 11 is 1.69. The molecule has 1 atom stereocenters. The van der Waals surface area contributed by atoms with E-state index in [1.165, 1.54) is 18.4 Å². The molecule has 24 heavy (non-hydrogen) atoms. The molecular weight excluding hydrogens is 320 g/mol. The lowest BCUT2D eigenvalue weighted by molar-refractivity contribution is -0.127. The Morgan fingerprint density at radius 1 is 1.21 bits per heavy atom. The van der Waals surface area contributed by atoms with Crippen LogP contribution >= 0.6 is 11.8 Å². The third-order valence-corrected chi connectivity index (χ3v) is 5.74. The van der Waals surface area contributed by atoms with Crippen LogP contribution in [-0.2, 0) is 10.5 Å². The number of aromatic nitrogens is 3. The highest BCUT2D eigenvalue weighted by molar-refractivity contribution is 7.99. The second-order valence-corrected chi connectivity index (χ2v) is 7.64. The molecule has 6 heteroatoms. The predicted octanol–water partition coefficient (Wildman–Crippen LogP) is 2.86. The van der Waals surface area contributed by atoms with E-state index in [1.807, 2.05) is 27.8 Å². The zero-order chi connectivity index (χ0) is 16.4. The van der Waals surface area contributed by atoms with Crippen LogP contribution in [0.4, 0.5) is 0 Å². The summed E-state index contributed by atoms with van der Waals surface area (Å²) in [6.45, 7) is 1.59. The van der Waals surface area contributed by atoms with Gasteiger partial charge in [-0.25, -0.2) is 4.68 Å². The lowest BCUT2D eigenvalue weighted by Gasteiger charge is -2.16. The summed E-state index contributed by atoms with van der Waals surface area (Å²) in [5, 5.41) is 8.56. The number of hydrogen-bond donors (Lipinski definition) is 0. The third-order valence-electron chi connectivity index (χ3n) is 4.75.